The molecule has 0 spiro atoms. The van der Waals surface area contributed by atoms with Gasteiger partial charge in [0.1, 0.15) is 5.82 Å². The van der Waals surface area contributed by atoms with Crippen LogP contribution in [0.3, 0.4) is 0 Å². The van der Waals surface area contributed by atoms with E-state index in [2.05, 4.69) is 39.2 Å². The summed E-state index contributed by atoms with van der Waals surface area (Å²) in [6.45, 7) is 8.13. The Bertz CT molecular complexity index is 696. The molecule has 1 N–H and O–H groups in total. The van der Waals surface area contributed by atoms with E-state index in [1.807, 2.05) is 43.5 Å². The van der Waals surface area contributed by atoms with E-state index in [1.54, 1.807) is 0 Å². The second kappa shape index (κ2) is 8.12. The molecule has 1 atom stereocenters. The second-order valence-corrected chi connectivity index (χ2v) is 6.60. The van der Waals surface area contributed by atoms with Crippen molar-refractivity contribution in [3.05, 3.63) is 59.8 Å². The van der Waals surface area contributed by atoms with Crippen molar-refractivity contribution < 1.29 is 4.79 Å². The average molecular weight is 338 g/mol. The number of aromatic nitrogens is 1. The summed E-state index contributed by atoms with van der Waals surface area (Å²) in [5, 5.41) is 3.12. The monoisotopic (exact) mass is 338 g/mol. The van der Waals surface area contributed by atoms with Gasteiger partial charge in [0.25, 0.3) is 0 Å². The molecule has 0 aliphatic carbocycles. The predicted molar refractivity (Wildman–Crippen MR) is 101 cm³/mol. The summed E-state index contributed by atoms with van der Waals surface area (Å²) < 4.78 is 0. The van der Waals surface area contributed by atoms with Crippen LogP contribution >= 0.6 is 0 Å². The van der Waals surface area contributed by atoms with Crippen molar-refractivity contribution in [2.24, 2.45) is 0 Å². The van der Waals surface area contributed by atoms with Crippen LogP contribution in [0.5, 0.6) is 0 Å². The van der Waals surface area contributed by atoms with Crippen molar-refractivity contribution >= 4 is 11.7 Å². The lowest BCUT2D eigenvalue weighted by Crippen LogP contribution is -2.49. The predicted octanol–water partition coefficient (Wildman–Crippen LogP) is 2.39. The van der Waals surface area contributed by atoms with E-state index in [1.165, 1.54) is 11.1 Å². The molecule has 0 radical (unpaired) electrons. The molecule has 132 valence electrons. The molecule has 1 amide bonds. The zero-order chi connectivity index (χ0) is 17.6. The number of nitrogens with zero attached hydrogens (tertiary/aromatic N) is 3. The van der Waals surface area contributed by atoms with E-state index in [-0.39, 0.29) is 11.9 Å². The largest absolute Gasteiger partial charge is 0.354 e. The molecular formula is C20H26N4O. The Hall–Kier alpha value is -2.40. The third kappa shape index (κ3) is 4.57. The molecule has 0 bridgehead atoms. The fraction of sp³-hybridized carbons (Fsp3) is 0.400. The van der Waals surface area contributed by atoms with E-state index in [0.29, 0.717) is 6.54 Å². The van der Waals surface area contributed by atoms with Crippen LogP contribution in [0.2, 0.25) is 0 Å². The normalized spacial score (nSPS) is 16.5. The minimum atomic E-state index is 0.0310. The average Bonchev–Trinajstić information content (AvgIpc) is 2.63. The molecule has 0 saturated carbocycles. The number of rotatable bonds is 5. The summed E-state index contributed by atoms with van der Waals surface area (Å²) in [5.74, 6) is 1.10. The molecule has 1 aromatic carbocycles. The van der Waals surface area contributed by atoms with E-state index >= 15 is 0 Å². The van der Waals surface area contributed by atoms with Gasteiger partial charge in [0, 0.05) is 32.4 Å². The number of pyridine rings is 1. The van der Waals surface area contributed by atoms with Gasteiger partial charge < -0.3 is 10.2 Å². The minimum absolute atomic E-state index is 0.0310. The third-order valence-corrected chi connectivity index (χ3v) is 4.75. The second-order valence-electron chi connectivity index (χ2n) is 6.60. The Morgan fingerprint density at radius 1 is 1.12 bits per heavy atom. The molecule has 1 aliphatic rings. The highest BCUT2D eigenvalue weighted by atomic mass is 16.2. The molecule has 1 aliphatic heterocycles. The fourth-order valence-electron chi connectivity index (χ4n) is 3.32. The lowest BCUT2D eigenvalue weighted by molar-refractivity contribution is -0.123. The zero-order valence-electron chi connectivity index (χ0n) is 15.0. The lowest BCUT2D eigenvalue weighted by Gasteiger charge is -2.35. The summed E-state index contributed by atoms with van der Waals surface area (Å²) >= 11 is 0. The highest BCUT2D eigenvalue weighted by molar-refractivity contribution is 5.78. The Morgan fingerprint density at radius 3 is 2.52 bits per heavy atom. The van der Waals surface area contributed by atoms with Gasteiger partial charge in [-0.15, -0.1) is 0 Å². The van der Waals surface area contributed by atoms with Crippen molar-refractivity contribution in [1.29, 1.82) is 0 Å². The third-order valence-electron chi connectivity index (χ3n) is 4.75. The van der Waals surface area contributed by atoms with Crippen molar-refractivity contribution in [1.82, 2.24) is 15.2 Å². The number of carbonyl (C=O) groups excluding carboxylic acids is 1. The van der Waals surface area contributed by atoms with Crippen molar-refractivity contribution in [2.45, 2.75) is 19.9 Å². The molecule has 5 nitrogen and oxygen atoms in total. The standard InChI is InChI=1S/C20H26N4O/c1-16-7-3-4-8-18(16)17(2)22-20(25)15-23-11-13-24(14-12-23)19-9-5-6-10-21-19/h3-10,17H,11-15H2,1-2H3,(H,22,25)/t17-/m0/s1. The summed E-state index contributed by atoms with van der Waals surface area (Å²) in [5.41, 5.74) is 2.38. The number of hydrogen-bond acceptors (Lipinski definition) is 4. The molecule has 0 unspecified atom stereocenters. The van der Waals surface area contributed by atoms with E-state index in [0.717, 1.165) is 32.0 Å². The van der Waals surface area contributed by atoms with Crippen LogP contribution in [0.15, 0.2) is 48.7 Å². The SMILES string of the molecule is Cc1ccccc1[C@H](C)NC(=O)CN1CCN(c2ccccn2)CC1. The summed E-state index contributed by atoms with van der Waals surface area (Å²) in [4.78, 5) is 21.3. The number of nitrogens with one attached hydrogen (secondary N) is 1. The molecule has 2 heterocycles. The first-order valence-electron chi connectivity index (χ1n) is 8.86. The van der Waals surface area contributed by atoms with Crippen LogP contribution in [0.25, 0.3) is 0 Å². The summed E-state index contributed by atoms with van der Waals surface area (Å²) in [6, 6.07) is 14.2. The molecule has 1 fully saturated rings. The van der Waals surface area contributed by atoms with E-state index in [9.17, 15) is 4.79 Å². The van der Waals surface area contributed by atoms with Crippen LogP contribution in [0.1, 0.15) is 24.1 Å². The van der Waals surface area contributed by atoms with Gasteiger partial charge in [0.15, 0.2) is 0 Å². The van der Waals surface area contributed by atoms with Crippen LogP contribution < -0.4 is 10.2 Å². The number of benzene rings is 1. The molecule has 5 heteroatoms. The van der Waals surface area contributed by atoms with Crippen molar-refractivity contribution in [2.75, 3.05) is 37.6 Å². The van der Waals surface area contributed by atoms with E-state index in [4.69, 9.17) is 0 Å². The summed E-state index contributed by atoms with van der Waals surface area (Å²) in [7, 11) is 0. The number of aryl methyl sites for hydroxylation is 1. The van der Waals surface area contributed by atoms with Crippen LogP contribution in [-0.4, -0.2) is 48.5 Å². The smallest absolute Gasteiger partial charge is 0.234 e. The first-order chi connectivity index (χ1) is 12.1. The van der Waals surface area contributed by atoms with Gasteiger partial charge in [0.2, 0.25) is 5.91 Å². The van der Waals surface area contributed by atoms with E-state index < -0.39 is 0 Å². The molecule has 1 aromatic heterocycles. The number of amides is 1. The van der Waals surface area contributed by atoms with Gasteiger partial charge in [-0.05, 0) is 37.1 Å². The fourth-order valence-corrected chi connectivity index (χ4v) is 3.32. The number of hydrogen-bond donors (Lipinski definition) is 1. The highest BCUT2D eigenvalue weighted by Gasteiger charge is 2.20. The van der Waals surface area contributed by atoms with Crippen LogP contribution in [0, 0.1) is 6.92 Å². The lowest BCUT2D eigenvalue weighted by atomic mass is 10.0. The van der Waals surface area contributed by atoms with Gasteiger partial charge in [-0.2, -0.15) is 0 Å². The van der Waals surface area contributed by atoms with Crippen molar-refractivity contribution in [3.8, 4) is 0 Å². The number of piperazine rings is 1. The first-order valence-corrected chi connectivity index (χ1v) is 8.86. The topological polar surface area (TPSA) is 48.5 Å². The maximum absolute atomic E-state index is 12.4. The molecular weight excluding hydrogens is 312 g/mol. The van der Waals surface area contributed by atoms with Crippen molar-refractivity contribution in [3.63, 3.8) is 0 Å². The quantitative estimate of drug-likeness (QED) is 0.909. The Kier molecular flexibility index (Phi) is 5.66. The van der Waals surface area contributed by atoms with Gasteiger partial charge >= 0.3 is 0 Å². The van der Waals surface area contributed by atoms with Crippen LogP contribution in [0.4, 0.5) is 5.82 Å². The Morgan fingerprint density at radius 2 is 1.84 bits per heavy atom. The Balaban J connectivity index is 1.47. The van der Waals surface area contributed by atoms with Gasteiger partial charge in [-0.1, -0.05) is 30.3 Å². The first kappa shape index (κ1) is 17.4. The molecule has 25 heavy (non-hydrogen) atoms. The molecule has 2 aromatic rings. The van der Waals surface area contributed by atoms with Gasteiger partial charge in [0.05, 0.1) is 12.6 Å². The zero-order valence-corrected chi connectivity index (χ0v) is 15.0. The highest BCUT2D eigenvalue weighted by Crippen LogP contribution is 2.17. The minimum Gasteiger partial charge on any atom is -0.354 e. The molecule has 1 saturated heterocycles. The number of carbonyl (C=O) groups is 1. The summed E-state index contributed by atoms with van der Waals surface area (Å²) in [6.07, 6.45) is 1.82. The maximum atomic E-state index is 12.4. The molecule has 3 rings (SSSR count). The van der Waals surface area contributed by atoms with Crippen LogP contribution in [-0.2, 0) is 4.79 Å². The number of anilines is 1. The van der Waals surface area contributed by atoms with Gasteiger partial charge in [-0.3, -0.25) is 9.69 Å². The van der Waals surface area contributed by atoms with Gasteiger partial charge in [-0.25, -0.2) is 4.98 Å². The maximum Gasteiger partial charge on any atom is 0.234 e. The Labute approximate surface area is 149 Å².